The third-order valence-electron chi connectivity index (χ3n) is 5.38. The van der Waals surface area contributed by atoms with E-state index in [1.54, 1.807) is 11.0 Å². The minimum absolute atomic E-state index is 0.00918. The molecule has 0 fully saturated rings. The van der Waals surface area contributed by atoms with E-state index < -0.39 is 0 Å². The van der Waals surface area contributed by atoms with Gasteiger partial charge in [0.15, 0.2) is 0 Å². The molecule has 1 atom stereocenters. The second kappa shape index (κ2) is 8.06. The van der Waals surface area contributed by atoms with Crippen molar-refractivity contribution in [3.05, 3.63) is 76.9 Å². The standard InChI is InChI=1S/C24H26N4O2/c1-4-28-14-21-20(24(28)29)13-22(25)27-23(21)26-16(3)17-7-11-19(12-8-17)30-18-9-5-15(2)6-10-18/h5-13,16H,4,14H2,1-3H3,(H3,25,26,27). The van der Waals surface area contributed by atoms with Crippen LogP contribution >= 0.6 is 0 Å². The molecule has 1 aliphatic rings. The monoisotopic (exact) mass is 402 g/mol. The van der Waals surface area contributed by atoms with Crippen molar-refractivity contribution >= 4 is 17.5 Å². The fourth-order valence-electron chi connectivity index (χ4n) is 3.61. The lowest BCUT2D eigenvalue weighted by molar-refractivity contribution is 0.0787. The van der Waals surface area contributed by atoms with Gasteiger partial charge in [-0.15, -0.1) is 0 Å². The van der Waals surface area contributed by atoms with E-state index in [0.29, 0.717) is 30.3 Å². The molecular weight excluding hydrogens is 376 g/mol. The first-order valence-electron chi connectivity index (χ1n) is 10.1. The van der Waals surface area contributed by atoms with Crippen molar-refractivity contribution in [1.29, 1.82) is 0 Å². The number of rotatable bonds is 6. The topological polar surface area (TPSA) is 80.5 Å². The maximum absolute atomic E-state index is 12.5. The molecule has 30 heavy (non-hydrogen) atoms. The van der Waals surface area contributed by atoms with Crippen molar-refractivity contribution in [3.8, 4) is 11.5 Å². The van der Waals surface area contributed by atoms with Gasteiger partial charge in [-0.3, -0.25) is 4.79 Å². The highest BCUT2D eigenvalue weighted by molar-refractivity contribution is 6.00. The van der Waals surface area contributed by atoms with Crippen molar-refractivity contribution in [1.82, 2.24) is 9.88 Å². The Balaban J connectivity index is 1.50. The lowest BCUT2D eigenvalue weighted by atomic mass is 10.1. The first-order chi connectivity index (χ1) is 14.4. The van der Waals surface area contributed by atoms with E-state index in [4.69, 9.17) is 10.5 Å². The van der Waals surface area contributed by atoms with Crippen molar-refractivity contribution in [2.45, 2.75) is 33.4 Å². The molecule has 4 rings (SSSR count). The molecule has 154 valence electrons. The number of hydrogen-bond donors (Lipinski definition) is 2. The number of fused-ring (bicyclic) bond motifs is 1. The van der Waals surface area contributed by atoms with E-state index in [1.165, 1.54) is 5.56 Å². The molecule has 1 aliphatic heterocycles. The van der Waals surface area contributed by atoms with E-state index in [2.05, 4.69) is 17.2 Å². The SMILES string of the molecule is CCN1Cc2c(cc(N)nc2NC(C)c2ccc(Oc3ccc(C)cc3)cc2)C1=O. The van der Waals surface area contributed by atoms with Crippen LogP contribution in [-0.4, -0.2) is 22.3 Å². The summed E-state index contributed by atoms with van der Waals surface area (Å²) in [7, 11) is 0. The van der Waals surface area contributed by atoms with Gasteiger partial charge in [-0.2, -0.15) is 0 Å². The Bertz CT molecular complexity index is 1060. The van der Waals surface area contributed by atoms with E-state index in [-0.39, 0.29) is 11.9 Å². The Morgan fingerprint density at radius 2 is 1.77 bits per heavy atom. The van der Waals surface area contributed by atoms with Crippen LogP contribution in [-0.2, 0) is 6.54 Å². The zero-order valence-corrected chi connectivity index (χ0v) is 17.5. The summed E-state index contributed by atoms with van der Waals surface area (Å²) < 4.78 is 5.91. The summed E-state index contributed by atoms with van der Waals surface area (Å²) in [6.45, 7) is 7.28. The number of aromatic nitrogens is 1. The maximum Gasteiger partial charge on any atom is 0.254 e. The largest absolute Gasteiger partial charge is 0.457 e. The van der Waals surface area contributed by atoms with Crippen LogP contribution in [0.4, 0.5) is 11.6 Å². The van der Waals surface area contributed by atoms with Crippen LogP contribution in [0.25, 0.3) is 0 Å². The van der Waals surface area contributed by atoms with Crippen molar-refractivity contribution < 1.29 is 9.53 Å². The highest BCUT2D eigenvalue weighted by atomic mass is 16.5. The average molecular weight is 402 g/mol. The summed E-state index contributed by atoms with van der Waals surface area (Å²) in [6.07, 6.45) is 0. The number of carbonyl (C=O) groups excluding carboxylic acids is 1. The first-order valence-corrected chi connectivity index (χ1v) is 10.1. The number of nitrogen functional groups attached to an aromatic ring is 1. The van der Waals surface area contributed by atoms with Gasteiger partial charge in [0.25, 0.3) is 5.91 Å². The predicted molar refractivity (Wildman–Crippen MR) is 119 cm³/mol. The fraction of sp³-hybridized carbons (Fsp3) is 0.250. The molecule has 0 saturated carbocycles. The quantitative estimate of drug-likeness (QED) is 0.612. The first kappa shape index (κ1) is 19.8. The number of nitrogens with two attached hydrogens (primary N) is 1. The molecule has 3 N–H and O–H groups in total. The van der Waals surface area contributed by atoms with E-state index in [0.717, 1.165) is 22.6 Å². The number of amides is 1. The van der Waals surface area contributed by atoms with Gasteiger partial charge in [-0.05, 0) is 56.7 Å². The zero-order valence-electron chi connectivity index (χ0n) is 17.5. The van der Waals surface area contributed by atoms with Gasteiger partial charge in [-0.1, -0.05) is 29.8 Å². The van der Waals surface area contributed by atoms with Crippen LogP contribution in [0.15, 0.2) is 54.6 Å². The van der Waals surface area contributed by atoms with Crippen molar-refractivity contribution in [3.63, 3.8) is 0 Å². The van der Waals surface area contributed by atoms with Crippen LogP contribution < -0.4 is 15.8 Å². The second-order valence-corrected chi connectivity index (χ2v) is 7.59. The molecule has 2 aromatic carbocycles. The number of aryl methyl sites for hydroxylation is 1. The molecule has 3 aromatic rings. The van der Waals surface area contributed by atoms with Gasteiger partial charge in [0.05, 0.1) is 12.1 Å². The van der Waals surface area contributed by atoms with Crippen LogP contribution in [0.1, 0.15) is 46.9 Å². The molecule has 2 heterocycles. The van der Waals surface area contributed by atoms with Gasteiger partial charge >= 0.3 is 0 Å². The Labute approximate surface area is 176 Å². The van der Waals surface area contributed by atoms with Crippen LogP contribution in [0.2, 0.25) is 0 Å². The van der Waals surface area contributed by atoms with Crippen molar-refractivity contribution in [2.75, 3.05) is 17.6 Å². The summed E-state index contributed by atoms with van der Waals surface area (Å²) in [5, 5.41) is 3.43. The number of nitrogens with zero attached hydrogens (tertiary/aromatic N) is 2. The molecule has 0 radical (unpaired) electrons. The fourth-order valence-corrected chi connectivity index (χ4v) is 3.61. The molecule has 6 nitrogen and oxygen atoms in total. The third kappa shape index (κ3) is 3.94. The molecule has 0 aliphatic carbocycles. The van der Waals surface area contributed by atoms with Gasteiger partial charge in [0.1, 0.15) is 23.1 Å². The Morgan fingerprint density at radius 1 is 1.13 bits per heavy atom. The molecule has 6 heteroatoms. The van der Waals surface area contributed by atoms with Crippen LogP contribution in [0, 0.1) is 6.92 Å². The molecule has 0 spiro atoms. The Kier molecular flexibility index (Phi) is 5.31. The number of benzene rings is 2. The molecule has 1 amide bonds. The maximum atomic E-state index is 12.5. The Morgan fingerprint density at radius 3 is 2.40 bits per heavy atom. The summed E-state index contributed by atoms with van der Waals surface area (Å²) in [4.78, 5) is 18.7. The van der Waals surface area contributed by atoms with Crippen molar-refractivity contribution in [2.24, 2.45) is 0 Å². The zero-order chi connectivity index (χ0) is 21.3. The number of anilines is 2. The number of ether oxygens (including phenoxy) is 1. The third-order valence-corrected chi connectivity index (χ3v) is 5.38. The van der Waals surface area contributed by atoms with Crippen LogP contribution in [0.3, 0.4) is 0 Å². The van der Waals surface area contributed by atoms with Gasteiger partial charge < -0.3 is 20.7 Å². The minimum atomic E-state index is -0.0115. The summed E-state index contributed by atoms with van der Waals surface area (Å²) in [5.74, 6) is 2.61. The van der Waals surface area contributed by atoms with E-state index >= 15 is 0 Å². The van der Waals surface area contributed by atoms with Gasteiger partial charge in [0.2, 0.25) is 0 Å². The van der Waals surface area contributed by atoms with E-state index in [1.807, 2.05) is 62.4 Å². The lowest BCUT2D eigenvalue weighted by Gasteiger charge is -2.18. The molecule has 1 unspecified atom stereocenters. The minimum Gasteiger partial charge on any atom is -0.457 e. The Hall–Kier alpha value is -3.54. The lowest BCUT2D eigenvalue weighted by Crippen LogP contribution is -2.23. The summed E-state index contributed by atoms with van der Waals surface area (Å²) in [5.41, 5.74) is 9.79. The molecule has 0 saturated heterocycles. The smallest absolute Gasteiger partial charge is 0.254 e. The van der Waals surface area contributed by atoms with Gasteiger partial charge in [-0.25, -0.2) is 4.98 Å². The highest BCUT2D eigenvalue weighted by Gasteiger charge is 2.30. The number of hydrogen-bond acceptors (Lipinski definition) is 5. The molecular formula is C24H26N4O2. The number of nitrogens with one attached hydrogen (secondary N) is 1. The average Bonchev–Trinajstić information content (AvgIpc) is 3.06. The highest BCUT2D eigenvalue weighted by Crippen LogP contribution is 2.32. The predicted octanol–water partition coefficient (Wildman–Crippen LogP) is 4.91. The summed E-state index contributed by atoms with van der Waals surface area (Å²) >= 11 is 0. The normalized spacial score (nSPS) is 13.8. The molecule has 0 bridgehead atoms. The van der Waals surface area contributed by atoms with Gasteiger partial charge in [0, 0.05) is 18.2 Å². The summed E-state index contributed by atoms with van der Waals surface area (Å²) in [6, 6.07) is 17.6. The van der Waals surface area contributed by atoms with Crippen LogP contribution in [0.5, 0.6) is 11.5 Å². The van der Waals surface area contributed by atoms with E-state index in [9.17, 15) is 4.79 Å². The molecule has 1 aromatic heterocycles. The number of carbonyl (C=O) groups is 1. The number of pyridine rings is 1. The second-order valence-electron chi connectivity index (χ2n) is 7.59.